The van der Waals surface area contributed by atoms with E-state index in [2.05, 4.69) is 24.1 Å². The van der Waals surface area contributed by atoms with Crippen molar-refractivity contribution in [1.82, 2.24) is 10.2 Å². The normalized spacial score (nSPS) is 20.8. The Morgan fingerprint density at radius 1 is 0.895 bits per heavy atom. The van der Waals surface area contributed by atoms with E-state index in [-0.39, 0.29) is 0 Å². The van der Waals surface area contributed by atoms with Crippen LogP contribution in [0, 0.1) is 0 Å². The zero-order chi connectivity index (χ0) is 13.8. The number of hydrogen-bond acceptors (Lipinski definition) is 2. The lowest BCUT2D eigenvalue weighted by Gasteiger charge is -2.31. The molecule has 1 aliphatic heterocycles. The van der Waals surface area contributed by atoms with Crippen molar-refractivity contribution in [1.29, 1.82) is 0 Å². The Balaban J connectivity index is 1.78. The fourth-order valence-corrected chi connectivity index (χ4v) is 3.04. The summed E-state index contributed by atoms with van der Waals surface area (Å²) in [5, 5.41) is 3.51. The van der Waals surface area contributed by atoms with Crippen LogP contribution < -0.4 is 5.32 Å². The molecule has 2 heteroatoms. The fraction of sp³-hybridized carbons (Fsp3) is 1.00. The first-order valence-electron chi connectivity index (χ1n) is 8.78. The van der Waals surface area contributed by atoms with Crippen LogP contribution in [-0.2, 0) is 0 Å². The fourth-order valence-electron chi connectivity index (χ4n) is 3.04. The summed E-state index contributed by atoms with van der Waals surface area (Å²) in [4.78, 5) is 2.63. The molecule has 0 aromatic carbocycles. The maximum Gasteiger partial charge on any atom is 0.0167 e. The first kappa shape index (κ1) is 17.0. The van der Waals surface area contributed by atoms with Crippen molar-refractivity contribution in [2.24, 2.45) is 0 Å². The van der Waals surface area contributed by atoms with E-state index < -0.39 is 0 Å². The number of nitrogens with one attached hydrogen (secondary N) is 1. The largest absolute Gasteiger partial charge is 0.312 e. The molecule has 19 heavy (non-hydrogen) atoms. The SMILES string of the molecule is CCCCCCCCCCCCN1CCNC(C)C1. The van der Waals surface area contributed by atoms with E-state index in [1.807, 2.05) is 0 Å². The quantitative estimate of drug-likeness (QED) is 0.565. The van der Waals surface area contributed by atoms with Crippen LogP contribution in [0.15, 0.2) is 0 Å². The minimum absolute atomic E-state index is 0.692. The van der Waals surface area contributed by atoms with Gasteiger partial charge in [0.2, 0.25) is 0 Å². The molecule has 0 saturated carbocycles. The zero-order valence-electron chi connectivity index (χ0n) is 13.4. The summed E-state index contributed by atoms with van der Waals surface area (Å²) >= 11 is 0. The molecular formula is C17H36N2. The third kappa shape index (κ3) is 9.45. The molecule has 0 bridgehead atoms. The van der Waals surface area contributed by atoms with Gasteiger partial charge in [-0.3, -0.25) is 0 Å². The van der Waals surface area contributed by atoms with E-state index >= 15 is 0 Å². The Hall–Kier alpha value is -0.0800. The van der Waals surface area contributed by atoms with Gasteiger partial charge in [0.15, 0.2) is 0 Å². The molecule has 1 saturated heterocycles. The van der Waals surface area contributed by atoms with Crippen molar-refractivity contribution in [2.45, 2.75) is 84.1 Å². The average Bonchev–Trinajstić information content (AvgIpc) is 2.41. The molecule has 1 unspecified atom stereocenters. The van der Waals surface area contributed by atoms with Crippen molar-refractivity contribution in [3.8, 4) is 0 Å². The van der Waals surface area contributed by atoms with Crippen LogP contribution in [0.1, 0.15) is 78.1 Å². The van der Waals surface area contributed by atoms with Gasteiger partial charge in [-0.2, -0.15) is 0 Å². The van der Waals surface area contributed by atoms with Gasteiger partial charge in [-0.15, -0.1) is 0 Å². The van der Waals surface area contributed by atoms with Crippen LogP contribution in [-0.4, -0.2) is 37.1 Å². The smallest absolute Gasteiger partial charge is 0.0167 e. The highest BCUT2D eigenvalue weighted by Gasteiger charge is 2.14. The lowest BCUT2D eigenvalue weighted by atomic mass is 10.1. The molecule has 2 nitrogen and oxygen atoms in total. The van der Waals surface area contributed by atoms with Crippen molar-refractivity contribution in [2.75, 3.05) is 26.2 Å². The summed E-state index contributed by atoms with van der Waals surface area (Å²) in [5.74, 6) is 0. The van der Waals surface area contributed by atoms with Crippen molar-refractivity contribution >= 4 is 0 Å². The molecule has 0 spiro atoms. The second-order valence-corrected chi connectivity index (χ2v) is 6.34. The Morgan fingerprint density at radius 2 is 1.47 bits per heavy atom. The summed E-state index contributed by atoms with van der Waals surface area (Å²) < 4.78 is 0. The maximum absolute atomic E-state index is 3.51. The average molecular weight is 268 g/mol. The topological polar surface area (TPSA) is 15.3 Å². The van der Waals surface area contributed by atoms with Crippen LogP contribution in [0.4, 0.5) is 0 Å². The molecule has 114 valence electrons. The third-order valence-corrected chi connectivity index (χ3v) is 4.28. The first-order chi connectivity index (χ1) is 9.33. The lowest BCUT2D eigenvalue weighted by molar-refractivity contribution is 0.203. The Morgan fingerprint density at radius 3 is 2.05 bits per heavy atom. The van der Waals surface area contributed by atoms with E-state index in [4.69, 9.17) is 0 Å². The van der Waals surface area contributed by atoms with Crippen molar-refractivity contribution < 1.29 is 0 Å². The molecule has 1 fully saturated rings. The van der Waals surface area contributed by atoms with Gasteiger partial charge in [0.25, 0.3) is 0 Å². The van der Waals surface area contributed by atoms with Gasteiger partial charge < -0.3 is 10.2 Å². The number of unbranched alkanes of at least 4 members (excludes halogenated alkanes) is 9. The van der Waals surface area contributed by atoms with Gasteiger partial charge in [0.05, 0.1) is 0 Å². The predicted molar refractivity (Wildman–Crippen MR) is 85.7 cm³/mol. The summed E-state index contributed by atoms with van der Waals surface area (Å²) in [5.41, 5.74) is 0. The zero-order valence-corrected chi connectivity index (χ0v) is 13.4. The standard InChI is InChI=1S/C17H36N2/c1-3-4-5-6-7-8-9-10-11-12-14-19-15-13-18-17(2)16-19/h17-18H,3-16H2,1-2H3. The molecule has 1 rings (SSSR count). The van der Waals surface area contributed by atoms with Crippen LogP contribution in [0.5, 0.6) is 0 Å². The summed E-state index contributed by atoms with van der Waals surface area (Å²) in [6, 6.07) is 0.692. The number of rotatable bonds is 11. The molecule has 0 aliphatic carbocycles. The molecule has 1 atom stereocenters. The summed E-state index contributed by atoms with van der Waals surface area (Å²) in [7, 11) is 0. The van der Waals surface area contributed by atoms with Crippen LogP contribution >= 0.6 is 0 Å². The Bertz CT molecular complexity index is 194. The molecule has 0 aromatic rings. The molecular weight excluding hydrogens is 232 g/mol. The number of hydrogen-bond donors (Lipinski definition) is 1. The number of nitrogens with zero attached hydrogens (tertiary/aromatic N) is 1. The third-order valence-electron chi connectivity index (χ3n) is 4.28. The lowest BCUT2D eigenvalue weighted by Crippen LogP contribution is -2.49. The highest BCUT2D eigenvalue weighted by molar-refractivity contribution is 4.74. The van der Waals surface area contributed by atoms with Gasteiger partial charge in [-0.1, -0.05) is 64.7 Å². The minimum Gasteiger partial charge on any atom is -0.312 e. The first-order valence-corrected chi connectivity index (χ1v) is 8.78. The molecule has 1 aliphatic rings. The van der Waals surface area contributed by atoms with Crippen molar-refractivity contribution in [3.63, 3.8) is 0 Å². The van der Waals surface area contributed by atoms with Crippen LogP contribution in [0.3, 0.4) is 0 Å². The Kier molecular flexibility index (Phi) is 10.5. The van der Waals surface area contributed by atoms with E-state index in [0.29, 0.717) is 6.04 Å². The predicted octanol–water partition coefficient (Wildman–Crippen LogP) is 4.20. The van der Waals surface area contributed by atoms with E-state index in [9.17, 15) is 0 Å². The number of piperazine rings is 1. The monoisotopic (exact) mass is 268 g/mol. The second kappa shape index (κ2) is 11.7. The van der Waals surface area contributed by atoms with Gasteiger partial charge in [-0.05, 0) is 19.9 Å². The Labute approximate surface area is 121 Å². The molecule has 0 radical (unpaired) electrons. The highest BCUT2D eigenvalue weighted by Crippen LogP contribution is 2.11. The van der Waals surface area contributed by atoms with Crippen LogP contribution in [0.25, 0.3) is 0 Å². The van der Waals surface area contributed by atoms with Crippen LogP contribution in [0.2, 0.25) is 0 Å². The van der Waals surface area contributed by atoms with E-state index in [1.165, 1.54) is 90.4 Å². The minimum atomic E-state index is 0.692. The molecule has 1 heterocycles. The van der Waals surface area contributed by atoms with Gasteiger partial charge in [-0.25, -0.2) is 0 Å². The van der Waals surface area contributed by atoms with Gasteiger partial charge >= 0.3 is 0 Å². The van der Waals surface area contributed by atoms with Gasteiger partial charge in [0, 0.05) is 25.7 Å². The van der Waals surface area contributed by atoms with E-state index in [0.717, 1.165) is 0 Å². The van der Waals surface area contributed by atoms with Crippen molar-refractivity contribution in [3.05, 3.63) is 0 Å². The maximum atomic E-state index is 3.51. The molecule has 1 N–H and O–H groups in total. The second-order valence-electron chi connectivity index (χ2n) is 6.34. The summed E-state index contributed by atoms with van der Waals surface area (Å²) in [6.07, 6.45) is 14.4. The molecule has 0 amide bonds. The van der Waals surface area contributed by atoms with Gasteiger partial charge in [0.1, 0.15) is 0 Å². The van der Waals surface area contributed by atoms with E-state index in [1.54, 1.807) is 0 Å². The summed E-state index contributed by atoms with van der Waals surface area (Å²) in [6.45, 7) is 9.59. The molecule has 0 aromatic heterocycles. The highest BCUT2D eigenvalue weighted by atomic mass is 15.2.